The van der Waals surface area contributed by atoms with Crippen molar-refractivity contribution in [1.29, 1.82) is 0 Å². The highest BCUT2D eigenvalue weighted by molar-refractivity contribution is 5.45. The Morgan fingerprint density at radius 1 is 1.09 bits per heavy atom. The van der Waals surface area contributed by atoms with Crippen molar-refractivity contribution >= 4 is 5.69 Å². The molecule has 0 saturated heterocycles. The summed E-state index contributed by atoms with van der Waals surface area (Å²) in [4.78, 5) is 4.42. The fourth-order valence-corrected chi connectivity index (χ4v) is 2.12. The highest BCUT2D eigenvalue weighted by Gasteiger charge is 2.29. The lowest BCUT2D eigenvalue weighted by Crippen LogP contribution is -2.10. The van der Waals surface area contributed by atoms with E-state index in [0.717, 1.165) is 24.4 Å². The van der Waals surface area contributed by atoms with Crippen LogP contribution in [0.1, 0.15) is 38.0 Å². The zero-order valence-electron chi connectivity index (χ0n) is 13.5. The molecule has 2 aromatic rings. The molecule has 1 aromatic heterocycles. The van der Waals surface area contributed by atoms with Gasteiger partial charge in [0.05, 0.1) is 5.56 Å². The first-order valence-electron chi connectivity index (χ1n) is 7.45. The zero-order chi connectivity index (χ0) is 17.1. The van der Waals surface area contributed by atoms with Crippen LogP contribution in [0.25, 0.3) is 0 Å². The van der Waals surface area contributed by atoms with Crippen LogP contribution >= 0.6 is 0 Å². The lowest BCUT2D eigenvalue weighted by Gasteiger charge is -2.15. The Labute approximate surface area is 133 Å². The highest BCUT2D eigenvalue weighted by atomic mass is 19.4. The molecule has 0 spiro atoms. The third-order valence-electron chi connectivity index (χ3n) is 3.17. The van der Waals surface area contributed by atoms with Gasteiger partial charge in [0.25, 0.3) is 0 Å². The fourth-order valence-electron chi connectivity index (χ4n) is 2.12. The van der Waals surface area contributed by atoms with E-state index in [2.05, 4.69) is 41.3 Å². The first-order valence-corrected chi connectivity index (χ1v) is 7.45. The van der Waals surface area contributed by atoms with Crippen molar-refractivity contribution in [2.75, 3.05) is 11.9 Å². The molecule has 2 rings (SSSR count). The Bertz CT molecular complexity index is 624. The molecule has 2 N–H and O–H groups in total. The summed E-state index contributed by atoms with van der Waals surface area (Å²) in [6, 6.07) is 4.98. The van der Waals surface area contributed by atoms with Crippen LogP contribution in [0, 0.1) is 5.41 Å². The van der Waals surface area contributed by atoms with Gasteiger partial charge < -0.3 is 5.32 Å². The van der Waals surface area contributed by atoms with E-state index < -0.39 is 11.7 Å². The molecule has 0 radical (unpaired) electrons. The molecule has 0 fully saturated rings. The number of hydrogen-bond acceptors (Lipinski definition) is 3. The van der Waals surface area contributed by atoms with Gasteiger partial charge in [-0.1, -0.05) is 20.8 Å². The van der Waals surface area contributed by atoms with E-state index in [1.54, 1.807) is 0 Å². The molecular formula is C16H21F3N4. The van der Waals surface area contributed by atoms with Crippen molar-refractivity contribution in [3.05, 3.63) is 41.5 Å². The van der Waals surface area contributed by atoms with E-state index in [4.69, 9.17) is 0 Å². The minimum Gasteiger partial charge on any atom is -0.385 e. The molecule has 23 heavy (non-hydrogen) atoms. The molecule has 0 bridgehead atoms. The summed E-state index contributed by atoms with van der Waals surface area (Å²) >= 11 is 0. The molecule has 0 amide bonds. The van der Waals surface area contributed by atoms with E-state index in [0.29, 0.717) is 24.5 Å². The molecule has 0 saturated carbocycles. The maximum Gasteiger partial charge on any atom is 0.416 e. The van der Waals surface area contributed by atoms with Crippen molar-refractivity contribution in [2.24, 2.45) is 5.41 Å². The molecule has 7 heteroatoms. The topological polar surface area (TPSA) is 53.6 Å². The van der Waals surface area contributed by atoms with E-state index in [-0.39, 0.29) is 5.41 Å². The number of rotatable bonds is 5. The number of halogens is 3. The number of benzene rings is 1. The van der Waals surface area contributed by atoms with Crippen molar-refractivity contribution in [1.82, 2.24) is 15.2 Å². The predicted molar refractivity (Wildman–Crippen MR) is 83.2 cm³/mol. The van der Waals surface area contributed by atoms with Gasteiger partial charge in [-0.25, -0.2) is 4.98 Å². The van der Waals surface area contributed by atoms with Crippen LogP contribution in [0.4, 0.5) is 18.9 Å². The van der Waals surface area contributed by atoms with Crippen molar-refractivity contribution in [2.45, 2.75) is 39.8 Å². The average molecular weight is 326 g/mol. The Morgan fingerprint density at radius 2 is 1.74 bits per heavy atom. The second-order valence-corrected chi connectivity index (χ2v) is 6.69. The second kappa shape index (κ2) is 6.60. The summed E-state index contributed by atoms with van der Waals surface area (Å²) in [5.74, 6) is 1.55. The summed E-state index contributed by atoms with van der Waals surface area (Å²) in [6.45, 7) is 6.93. The molecule has 1 aromatic carbocycles. The minimum atomic E-state index is -4.30. The molecule has 126 valence electrons. The van der Waals surface area contributed by atoms with Gasteiger partial charge in [0.15, 0.2) is 5.82 Å². The fraction of sp³-hybridized carbons (Fsp3) is 0.500. The number of alkyl halides is 3. The Kier molecular flexibility index (Phi) is 4.97. The van der Waals surface area contributed by atoms with Crippen molar-refractivity contribution in [3.63, 3.8) is 0 Å². The monoisotopic (exact) mass is 326 g/mol. The summed E-state index contributed by atoms with van der Waals surface area (Å²) in [5.41, 5.74) is 0.127. The number of aromatic amines is 1. The van der Waals surface area contributed by atoms with Gasteiger partial charge in [-0.05, 0) is 29.7 Å². The van der Waals surface area contributed by atoms with Gasteiger partial charge in [-0.15, -0.1) is 0 Å². The number of hydrogen-bond donors (Lipinski definition) is 2. The van der Waals surface area contributed by atoms with E-state index in [1.165, 1.54) is 12.1 Å². The Morgan fingerprint density at radius 3 is 2.30 bits per heavy atom. The standard InChI is InChI=1S/C16H21F3N4/c1-15(2,3)10-14-21-13(22-23-14)8-9-20-12-6-4-11(5-7-12)16(17,18)19/h4-7,20H,8-10H2,1-3H3,(H,21,22,23). The van der Waals surface area contributed by atoms with E-state index in [1.807, 2.05) is 0 Å². The lowest BCUT2D eigenvalue weighted by atomic mass is 9.92. The van der Waals surface area contributed by atoms with Gasteiger partial charge >= 0.3 is 6.18 Å². The van der Waals surface area contributed by atoms with Gasteiger partial charge in [0.1, 0.15) is 5.82 Å². The maximum absolute atomic E-state index is 12.5. The van der Waals surface area contributed by atoms with E-state index >= 15 is 0 Å². The molecule has 0 aliphatic rings. The molecule has 0 unspecified atom stereocenters. The second-order valence-electron chi connectivity index (χ2n) is 6.69. The van der Waals surface area contributed by atoms with Crippen LogP contribution in [0.15, 0.2) is 24.3 Å². The summed E-state index contributed by atoms with van der Waals surface area (Å²) in [5, 5.41) is 10.1. The number of nitrogens with zero attached hydrogens (tertiary/aromatic N) is 2. The van der Waals surface area contributed by atoms with Crippen molar-refractivity contribution < 1.29 is 13.2 Å². The minimum absolute atomic E-state index is 0.134. The number of H-pyrrole nitrogens is 1. The molecule has 1 heterocycles. The Balaban J connectivity index is 1.83. The smallest absolute Gasteiger partial charge is 0.385 e. The highest BCUT2D eigenvalue weighted by Crippen LogP contribution is 2.29. The summed E-state index contributed by atoms with van der Waals surface area (Å²) in [6.07, 6.45) is -2.89. The third-order valence-corrected chi connectivity index (χ3v) is 3.17. The SMILES string of the molecule is CC(C)(C)Cc1nc(CCNc2ccc(C(F)(F)F)cc2)n[nH]1. The van der Waals surface area contributed by atoms with Crippen LogP contribution in [0.5, 0.6) is 0 Å². The molecular weight excluding hydrogens is 305 g/mol. The molecule has 0 aliphatic carbocycles. The number of nitrogens with one attached hydrogen (secondary N) is 2. The van der Waals surface area contributed by atoms with Gasteiger partial charge in [-0.3, -0.25) is 5.10 Å². The van der Waals surface area contributed by atoms with Gasteiger partial charge in [0.2, 0.25) is 0 Å². The quantitative estimate of drug-likeness (QED) is 0.871. The number of aromatic nitrogens is 3. The van der Waals surface area contributed by atoms with E-state index in [9.17, 15) is 13.2 Å². The first kappa shape index (κ1) is 17.3. The Hall–Kier alpha value is -2.05. The third kappa shape index (κ3) is 5.58. The number of anilines is 1. The lowest BCUT2D eigenvalue weighted by molar-refractivity contribution is -0.137. The van der Waals surface area contributed by atoms with Crippen LogP contribution in [-0.2, 0) is 19.0 Å². The van der Waals surface area contributed by atoms with Crippen LogP contribution < -0.4 is 5.32 Å². The maximum atomic E-state index is 12.5. The molecule has 0 aliphatic heterocycles. The van der Waals surface area contributed by atoms with Crippen LogP contribution in [-0.4, -0.2) is 21.7 Å². The molecule has 0 atom stereocenters. The van der Waals surface area contributed by atoms with Crippen molar-refractivity contribution in [3.8, 4) is 0 Å². The summed E-state index contributed by atoms with van der Waals surface area (Å²) in [7, 11) is 0. The van der Waals surface area contributed by atoms with Crippen LogP contribution in [0.3, 0.4) is 0 Å². The average Bonchev–Trinajstić information content (AvgIpc) is 2.83. The molecule has 4 nitrogen and oxygen atoms in total. The largest absolute Gasteiger partial charge is 0.416 e. The van der Waals surface area contributed by atoms with Gasteiger partial charge in [0, 0.05) is 25.1 Å². The predicted octanol–water partition coefficient (Wildman–Crippen LogP) is 4.07. The zero-order valence-corrected chi connectivity index (χ0v) is 13.5. The van der Waals surface area contributed by atoms with Crippen LogP contribution in [0.2, 0.25) is 0 Å². The normalized spacial score (nSPS) is 12.4. The van der Waals surface area contributed by atoms with Gasteiger partial charge in [-0.2, -0.15) is 18.3 Å². The first-order chi connectivity index (χ1) is 10.6. The summed E-state index contributed by atoms with van der Waals surface area (Å²) < 4.78 is 37.4.